The Morgan fingerprint density at radius 2 is 2.00 bits per heavy atom. The summed E-state index contributed by atoms with van der Waals surface area (Å²) < 4.78 is 31.4. The summed E-state index contributed by atoms with van der Waals surface area (Å²) in [6.45, 7) is 5.37. The Bertz CT molecular complexity index is 354. The molecule has 0 aromatic carbocycles. The van der Waals surface area contributed by atoms with Crippen LogP contribution in [0, 0.1) is 5.92 Å². The number of carbonyl (C=O) groups is 1. The van der Waals surface area contributed by atoms with E-state index in [2.05, 4.69) is 0 Å². The number of hydrogen-bond donors (Lipinski definition) is 1. The highest BCUT2D eigenvalue weighted by Crippen LogP contribution is 2.55. The first-order valence-electron chi connectivity index (χ1n) is 6.21. The van der Waals surface area contributed by atoms with Crippen molar-refractivity contribution in [3.63, 3.8) is 0 Å². The quantitative estimate of drug-likeness (QED) is 0.852. The fourth-order valence-corrected chi connectivity index (χ4v) is 3.09. The summed E-state index contributed by atoms with van der Waals surface area (Å²) in [6.07, 6.45) is -2.08. The van der Waals surface area contributed by atoms with Crippen LogP contribution in [0.4, 0.5) is 13.6 Å². The number of nitrogens with zero attached hydrogens (tertiary/aromatic N) is 1. The molecule has 3 rings (SSSR count). The number of hydrogen-bond acceptors (Lipinski definition) is 3. The third kappa shape index (κ3) is 2.65. The van der Waals surface area contributed by atoms with Crippen molar-refractivity contribution in [1.29, 1.82) is 0 Å². The molecule has 2 aliphatic heterocycles. The first kappa shape index (κ1) is 16.4. The lowest BCUT2D eigenvalue weighted by atomic mass is 9.72. The topological polar surface area (TPSA) is 55.6 Å². The number of carbonyl (C=O) groups excluding carboxylic acids is 1. The number of rotatable bonds is 2. The summed E-state index contributed by atoms with van der Waals surface area (Å²) in [5, 5.41) is 0. The first-order chi connectivity index (χ1) is 8.20. The predicted molar refractivity (Wildman–Crippen MR) is 69.6 cm³/mol. The molecule has 1 unspecified atom stereocenters. The maximum absolute atomic E-state index is 13.1. The second-order valence-electron chi connectivity index (χ2n) is 6.27. The fraction of sp³-hybridized carbons (Fsp3) is 0.917. The van der Waals surface area contributed by atoms with Gasteiger partial charge in [0.2, 0.25) is 0 Å². The predicted octanol–water partition coefficient (Wildman–Crippen LogP) is 2.40. The third-order valence-electron chi connectivity index (χ3n) is 3.80. The van der Waals surface area contributed by atoms with Gasteiger partial charge in [-0.3, -0.25) is 4.90 Å². The van der Waals surface area contributed by atoms with Crippen LogP contribution in [0.1, 0.15) is 33.6 Å². The molecule has 0 aromatic heterocycles. The molecule has 2 N–H and O–H groups in total. The molecule has 2 bridgehead atoms. The molecule has 0 aromatic rings. The molecule has 7 heteroatoms. The van der Waals surface area contributed by atoms with Gasteiger partial charge in [0.15, 0.2) is 0 Å². The summed E-state index contributed by atoms with van der Waals surface area (Å²) in [5.74, 6) is -0.138. The number of alkyl halides is 2. The average Bonchev–Trinajstić information content (AvgIpc) is 2.62. The fourth-order valence-electron chi connectivity index (χ4n) is 3.09. The molecule has 112 valence electrons. The van der Waals surface area contributed by atoms with Gasteiger partial charge in [0.1, 0.15) is 5.60 Å². The van der Waals surface area contributed by atoms with Crippen LogP contribution >= 0.6 is 12.4 Å². The molecule has 19 heavy (non-hydrogen) atoms. The lowest BCUT2D eigenvalue weighted by Gasteiger charge is -2.41. The largest absolute Gasteiger partial charge is 0.444 e. The smallest absolute Gasteiger partial charge is 0.411 e. The molecule has 1 amide bonds. The molecule has 3 aliphatic rings. The van der Waals surface area contributed by atoms with Crippen LogP contribution in [0.3, 0.4) is 0 Å². The average molecular weight is 299 g/mol. The Balaban J connectivity index is 0.00000180. The van der Waals surface area contributed by atoms with E-state index in [0.29, 0.717) is 12.8 Å². The van der Waals surface area contributed by atoms with Crippen molar-refractivity contribution >= 4 is 18.5 Å². The van der Waals surface area contributed by atoms with Gasteiger partial charge in [-0.05, 0) is 39.5 Å². The summed E-state index contributed by atoms with van der Waals surface area (Å²) in [4.78, 5) is 13.3. The van der Waals surface area contributed by atoms with E-state index in [0.717, 1.165) is 0 Å². The van der Waals surface area contributed by atoms with Gasteiger partial charge in [-0.2, -0.15) is 0 Å². The van der Waals surface area contributed by atoms with Crippen molar-refractivity contribution in [2.75, 3.05) is 6.54 Å². The van der Waals surface area contributed by atoms with Crippen LogP contribution in [0.2, 0.25) is 0 Å². The Labute approximate surface area is 118 Å². The lowest BCUT2D eigenvalue weighted by molar-refractivity contribution is -0.0164. The van der Waals surface area contributed by atoms with E-state index in [9.17, 15) is 13.6 Å². The minimum Gasteiger partial charge on any atom is -0.444 e. The monoisotopic (exact) mass is 298 g/mol. The van der Waals surface area contributed by atoms with Gasteiger partial charge < -0.3 is 10.5 Å². The Hall–Kier alpha value is -0.620. The van der Waals surface area contributed by atoms with Gasteiger partial charge in [0, 0.05) is 6.54 Å². The van der Waals surface area contributed by atoms with Crippen LogP contribution in [0.5, 0.6) is 0 Å². The van der Waals surface area contributed by atoms with Gasteiger partial charge in [-0.15, -0.1) is 12.4 Å². The summed E-state index contributed by atoms with van der Waals surface area (Å²) >= 11 is 0. The van der Waals surface area contributed by atoms with E-state index in [1.807, 2.05) is 0 Å². The van der Waals surface area contributed by atoms with Crippen molar-refractivity contribution < 1.29 is 18.3 Å². The van der Waals surface area contributed by atoms with Crippen LogP contribution in [0.25, 0.3) is 0 Å². The maximum Gasteiger partial charge on any atom is 0.411 e. The number of halogens is 3. The van der Waals surface area contributed by atoms with E-state index in [-0.39, 0.29) is 24.9 Å². The normalized spacial score (nSPS) is 32.9. The zero-order valence-electron chi connectivity index (χ0n) is 11.4. The summed E-state index contributed by atoms with van der Waals surface area (Å²) in [6, 6.07) is -1.04. The highest BCUT2D eigenvalue weighted by Gasteiger charge is 2.65. The molecule has 0 spiro atoms. The van der Waals surface area contributed by atoms with Crippen LogP contribution in [-0.4, -0.2) is 41.1 Å². The van der Waals surface area contributed by atoms with E-state index < -0.39 is 29.7 Å². The highest BCUT2D eigenvalue weighted by atomic mass is 35.5. The molecule has 0 radical (unpaired) electrons. The molecule has 1 aliphatic carbocycles. The zero-order valence-corrected chi connectivity index (χ0v) is 12.2. The van der Waals surface area contributed by atoms with Crippen molar-refractivity contribution in [3.8, 4) is 0 Å². The van der Waals surface area contributed by atoms with E-state index >= 15 is 0 Å². The van der Waals surface area contributed by atoms with Gasteiger partial charge in [-0.1, -0.05) is 0 Å². The van der Waals surface area contributed by atoms with Gasteiger partial charge >= 0.3 is 6.09 Å². The minimum atomic E-state index is -2.54. The van der Waals surface area contributed by atoms with Crippen molar-refractivity contribution in [2.45, 2.75) is 57.2 Å². The maximum atomic E-state index is 13.1. The molecule has 4 nitrogen and oxygen atoms in total. The summed E-state index contributed by atoms with van der Waals surface area (Å²) in [5.41, 5.74) is 4.37. The number of ether oxygens (including phenoxy) is 1. The Kier molecular flexibility index (Phi) is 4.37. The van der Waals surface area contributed by atoms with Gasteiger partial charge in [0.25, 0.3) is 6.43 Å². The molecular formula is C12H21ClF2N2O2. The molecule has 1 atom stereocenters. The van der Waals surface area contributed by atoms with Crippen LogP contribution < -0.4 is 5.73 Å². The first-order valence-corrected chi connectivity index (χ1v) is 6.21. The molecule has 3 fully saturated rings. The summed E-state index contributed by atoms with van der Waals surface area (Å²) in [7, 11) is 0. The minimum absolute atomic E-state index is 0. The second kappa shape index (κ2) is 5.05. The number of amides is 1. The van der Waals surface area contributed by atoms with Gasteiger partial charge in [0.05, 0.1) is 11.6 Å². The standard InChI is InChI=1S/C12H20F2N2O2.ClH/c1-11(2,3)18-10(17)16-8(9(13)14)7-4-12(16,5-7)6-15;/h7-9H,4-6,15H2,1-3H3;1H. The van der Waals surface area contributed by atoms with E-state index in [4.69, 9.17) is 10.5 Å². The van der Waals surface area contributed by atoms with E-state index in [1.54, 1.807) is 20.8 Å². The Morgan fingerprint density at radius 3 is 2.37 bits per heavy atom. The third-order valence-corrected chi connectivity index (χ3v) is 3.80. The Morgan fingerprint density at radius 1 is 1.47 bits per heavy atom. The number of fused-ring (bicyclic) bond motifs is 1. The van der Waals surface area contributed by atoms with Crippen molar-refractivity contribution in [2.24, 2.45) is 11.7 Å². The second-order valence-corrected chi connectivity index (χ2v) is 6.27. The van der Waals surface area contributed by atoms with Gasteiger partial charge in [-0.25, -0.2) is 13.6 Å². The lowest BCUT2D eigenvalue weighted by Crippen LogP contribution is -2.56. The molecular weight excluding hydrogens is 278 g/mol. The van der Waals surface area contributed by atoms with Crippen LogP contribution in [-0.2, 0) is 4.74 Å². The number of nitrogens with two attached hydrogens (primary N) is 1. The molecule has 1 saturated carbocycles. The zero-order chi connectivity index (χ0) is 13.7. The van der Waals surface area contributed by atoms with E-state index in [1.165, 1.54) is 4.90 Å². The van der Waals surface area contributed by atoms with Crippen LogP contribution in [0.15, 0.2) is 0 Å². The van der Waals surface area contributed by atoms with Crippen molar-refractivity contribution in [3.05, 3.63) is 0 Å². The molecule has 2 heterocycles. The SMILES string of the molecule is CC(C)(C)OC(=O)N1C(C(F)F)C2CC1(CN)C2.Cl. The van der Waals surface area contributed by atoms with Crippen molar-refractivity contribution in [1.82, 2.24) is 4.90 Å². The highest BCUT2D eigenvalue weighted by molar-refractivity contribution is 5.85. The molecule has 2 saturated heterocycles.